The first-order chi connectivity index (χ1) is 10.8. The maximum absolute atomic E-state index is 13.6. The third kappa shape index (κ3) is 4.69. The Hall–Kier alpha value is -2.09. The molecule has 5 nitrogen and oxygen atoms in total. The lowest BCUT2D eigenvalue weighted by atomic mass is 10.1. The lowest BCUT2D eigenvalue weighted by molar-refractivity contribution is -0.757. The number of hydrogen-bond donors (Lipinski definition) is 2. The summed E-state index contributed by atoms with van der Waals surface area (Å²) in [6.07, 6.45) is -5.20. The van der Waals surface area contributed by atoms with Crippen molar-refractivity contribution in [2.75, 3.05) is 6.61 Å². The van der Waals surface area contributed by atoms with E-state index < -0.39 is 23.7 Å². The summed E-state index contributed by atoms with van der Waals surface area (Å²) in [5, 5.41) is 2.52. The van der Waals surface area contributed by atoms with Crippen LogP contribution in [-0.4, -0.2) is 30.3 Å². The third-order valence-electron chi connectivity index (χ3n) is 3.19. The first kappa shape index (κ1) is 19.0. The van der Waals surface area contributed by atoms with Crippen LogP contribution in [0, 0.1) is 0 Å². The molecule has 0 radical (unpaired) electrons. The summed E-state index contributed by atoms with van der Waals surface area (Å²) >= 11 is 0. The molecule has 0 fully saturated rings. The zero-order valence-electron chi connectivity index (χ0n) is 12.9. The van der Waals surface area contributed by atoms with Gasteiger partial charge in [0.25, 0.3) is 0 Å². The number of amides is 1. The number of carbonyl (C=O) groups is 2. The highest BCUT2D eigenvalue weighted by atomic mass is 19.4. The van der Waals surface area contributed by atoms with E-state index in [0.29, 0.717) is 5.56 Å². The molecule has 1 rings (SSSR count). The molecule has 0 spiro atoms. The third-order valence-corrected chi connectivity index (χ3v) is 3.19. The number of hydrogen-bond acceptors (Lipinski definition) is 3. The first-order valence-corrected chi connectivity index (χ1v) is 7.20. The van der Waals surface area contributed by atoms with Gasteiger partial charge in [0.1, 0.15) is 6.54 Å². The number of rotatable bonds is 7. The van der Waals surface area contributed by atoms with Crippen LogP contribution in [-0.2, 0) is 20.9 Å². The van der Waals surface area contributed by atoms with E-state index in [0.717, 1.165) is 5.32 Å². The number of alkyl halides is 3. The van der Waals surface area contributed by atoms with Gasteiger partial charge in [-0.3, -0.25) is 10.1 Å². The molecule has 3 N–H and O–H groups in total. The molecule has 0 bridgehead atoms. The maximum atomic E-state index is 13.6. The minimum Gasteiger partial charge on any atom is -0.460 e. The second-order valence-electron chi connectivity index (χ2n) is 4.82. The molecule has 1 atom stereocenters. The van der Waals surface area contributed by atoms with E-state index in [1.165, 1.54) is 13.8 Å². The highest BCUT2D eigenvalue weighted by Gasteiger charge is 2.67. The minimum atomic E-state index is -5.02. The fourth-order valence-corrected chi connectivity index (χ4v) is 1.93. The zero-order valence-corrected chi connectivity index (χ0v) is 12.9. The SMILES string of the molecule is CCOC(=O)[C@](NC(=O)CC)([NH2+]Cc1ccccc1)C(F)(F)F. The molecule has 0 aliphatic carbocycles. The van der Waals surface area contributed by atoms with Crippen LogP contribution in [0.2, 0.25) is 0 Å². The van der Waals surface area contributed by atoms with E-state index >= 15 is 0 Å². The highest BCUT2D eigenvalue weighted by molar-refractivity contribution is 5.87. The summed E-state index contributed by atoms with van der Waals surface area (Å²) in [6.45, 7) is 2.43. The number of nitrogens with one attached hydrogen (secondary N) is 1. The van der Waals surface area contributed by atoms with Gasteiger partial charge in [0.2, 0.25) is 5.91 Å². The Morgan fingerprint density at radius 3 is 2.26 bits per heavy atom. The van der Waals surface area contributed by atoms with Crippen LogP contribution >= 0.6 is 0 Å². The molecular formula is C15H20F3N2O3+. The smallest absolute Gasteiger partial charge is 0.460 e. The Kier molecular flexibility index (Phi) is 6.56. The summed E-state index contributed by atoms with van der Waals surface area (Å²) in [6, 6.07) is 8.33. The lowest BCUT2D eigenvalue weighted by Crippen LogP contribution is -3.06. The zero-order chi connectivity index (χ0) is 17.5. The van der Waals surface area contributed by atoms with Crippen LogP contribution in [0.25, 0.3) is 0 Å². The van der Waals surface area contributed by atoms with Crippen LogP contribution in [0.4, 0.5) is 13.2 Å². The van der Waals surface area contributed by atoms with E-state index in [1.54, 1.807) is 35.6 Å². The minimum absolute atomic E-state index is 0.150. The van der Waals surface area contributed by atoms with E-state index in [4.69, 9.17) is 0 Å². The number of ether oxygens (including phenoxy) is 1. The van der Waals surface area contributed by atoms with Crippen molar-refractivity contribution in [1.82, 2.24) is 5.32 Å². The number of benzene rings is 1. The van der Waals surface area contributed by atoms with Gasteiger partial charge in [-0.25, -0.2) is 4.79 Å². The predicted molar refractivity (Wildman–Crippen MR) is 75.9 cm³/mol. The number of halogens is 3. The molecule has 8 heteroatoms. The Balaban J connectivity index is 3.14. The molecule has 0 saturated heterocycles. The fraction of sp³-hybridized carbons (Fsp3) is 0.467. The molecule has 1 aromatic rings. The van der Waals surface area contributed by atoms with Crippen molar-refractivity contribution in [2.24, 2.45) is 0 Å². The van der Waals surface area contributed by atoms with Gasteiger partial charge in [-0.15, -0.1) is 0 Å². The Morgan fingerprint density at radius 2 is 1.78 bits per heavy atom. The van der Waals surface area contributed by atoms with Crippen molar-refractivity contribution in [2.45, 2.75) is 38.7 Å². The van der Waals surface area contributed by atoms with Crippen molar-refractivity contribution < 1.29 is 32.8 Å². The van der Waals surface area contributed by atoms with Gasteiger partial charge in [-0.1, -0.05) is 37.3 Å². The summed E-state index contributed by atoms with van der Waals surface area (Å²) < 4.78 is 45.4. The predicted octanol–water partition coefficient (Wildman–Crippen LogP) is 1.10. The maximum Gasteiger partial charge on any atom is 0.478 e. The molecule has 0 unspecified atom stereocenters. The van der Waals surface area contributed by atoms with Crippen molar-refractivity contribution >= 4 is 11.9 Å². The molecule has 0 aliphatic rings. The van der Waals surface area contributed by atoms with E-state index in [1.807, 2.05) is 0 Å². The van der Waals surface area contributed by atoms with Crippen LogP contribution in [0.3, 0.4) is 0 Å². The van der Waals surface area contributed by atoms with Crippen LogP contribution in [0.5, 0.6) is 0 Å². The molecule has 0 aliphatic heterocycles. The fourth-order valence-electron chi connectivity index (χ4n) is 1.93. The van der Waals surface area contributed by atoms with E-state index in [-0.39, 0.29) is 19.6 Å². The second-order valence-corrected chi connectivity index (χ2v) is 4.82. The molecule has 128 valence electrons. The van der Waals surface area contributed by atoms with Crippen molar-refractivity contribution in [3.05, 3.63) is 35.9 Å². The lowest BCUT2D eigenvalue weighted by Gasteiger charge is -2.31. The summed E-state index contributed by atoms with van der Waals surface area (Å²) in [4.78, 5) is 23.6. The van der Waals surface area contributed by atoms with Gasteiger partial charge >= 0.3 is 17.8 Å². The Labute approximate surface area is 132 Å². The normalized spacial score (nSPS) is 14.0. The second kappa shape index (κ2) is 7.96. The van der Waals surface area contributed by atoms with Gasteiger partial charge in [0.05, 0.1) is 6.61 Å². The number of esters is 1. The number of quaternary nitrogens is 1. The summed E-state index contributed by atoms with van der Waals surface area (Å²) in [7, 11) is 0. The largest absolute Gasteiger partial charge is 0.478 e. The molecule has 1 amide bonds. The topological polar surface area (TPSA) is 72.0 Å². The Bertz CT molecular complexity index is 535. The van der Waals surface area contributed by atoms with Crippen molar-refractivity contribution in [3.63, 3.8) is 0 Å². The molecule has 0 aromatic heterocycles. The standard InChI is InChI=1S/C15H19F3N2O3/c1-3-12(21)20-14(15(16,17)18,13(22)23-4-2)19-10-11-8-6-5-7-9-11/h5-9,19H,3-4,10H2,1-2H3,(H,20,21)/p+1/t14-/m1/s1. The van der Waals surface area contributed by atoms with Gasteiger partial charge < -0.3 is 10.1 Å². The van der Waals surface area contributed by atoms with Crippen LogP contribution in [0.15, 0.2) is 30.3 Å². The van der Waals surface area contributed by atoms with Crippen LogP contribution < -0.4 is 10.6 Å². The average Bonchev–Trinajstić information content (AvgIpc) is 2.51. The molecule has 0 heterocycles. The van der Waals surface area contributed by atoms with Gasteiger partial charge in [0, 0.05) is 12.0 Å². The molecule has 23 heavy (non-hydrogen) atoms. The summed E-state index contributed by atoms with van der Waals surface area (Å²) in [5.41, 5.74) is -2.58. The first-order valence-electron chi connectivity index (χ1n) is 7.20. The van der Waals surface area contributed by atoms with Crippen molar-refractivity contribution in [1.29, 1.82) is 0 Å². The highest BCUT2D eigenvalue weighted by Crippen LogP contribution is 2.27. The average molecular weight is 333 g/mol. The van der Waals surface area contributed by atoms with E-state index in [2.05, 4.69) is 4.74 Å². The monoisotopic (exact) mass is 333 g/mol. The Morgan fingerprint density at radius 1 is 1.17 bits per heavy atom. The molecule has 0 saturated carbocycles. The number of carbonyl (C=O) groups excluding carboxylic acids is 2. The van der Waals surface area contributed by atoms with Gasteiger partial charge in [-0.2, -0.15) is 13.2 Å². The van der Waals surface area contributed by atoms with Crippen molar-refractivity contribution in [3.8, 4) is 0 Å². The van der Waals surface area contributed by atoms with Gasteiger partial charge in [0.15, 0.2) is 0 Å². The molecule has 1 aromatic carbocycles. The summed E-state index contributed by atoms with van der Waals surface area (Å²) in [5.74, 6) is -2.43. The van der Waals surface area contributed by atoms with Gasteiger partial charge in [-0.05, 0) is 6.92 Å². The number of nitrogens with two attached hydrogens (primary N) is 1. The molecular weight excluding hydrogens is 313 g/mol. The quantitative estimate of drug-likeness (QED) is 0.580. The van der Waals surface area contributed by atoms with Crippen LogP contribution in [0.1, 0.15) is 25.8 Å². The van der Waals surface area contributed by atoms with E-state index in [9.17, 15) is 22.8 Å².